The van der Waals surface area contributed by atoms with Crippen molar-refractivity contribution in [1.29, 1.82) is 0 Å². The first-order valence-electron chi connectivity index (χ1n) is 8.13. The number of allylic oxidation sites excluding steroid dienone is 1. The van der Waals surface area contributed by atoms with Crippen molar-refractivity contribution >= 4 is 5.91 Å². The molecule has 1 aromatic carbocycles. The lowest BCUT2D eigenvalue weighted by atomic mass is 9.87. The predicted molar refractivity (Wildman–Crippen MR) is 90.2 cm³/mol. The van der Waals surface area contributed by atoms with E-state index in [2.05, 4.69) is 44.3 Å². The van der Waals surface area contributed by atoms with Gasteiger partial charge in [-0.1, -0.05) is 44.6 Å². The van der Waals surface area contributed by atoms with E-state index in [-0.39, 0.29) is 17.9 Å². The van der Waals surface area contributed by atoms with E-state index in [1.54, 1.807) is 0 Å². The summed E-state index contributed by atoms with van der Waals surface area (Å²) in [5.74, 6) is 0.673. The van der Waals surface area contributed by atoms with Crippen LogP contribution in [0.1, 0.15) is 52.0 Å². The predicted octanol–water partition coefficient (Wildman–Crippen LogP) is 3.98. The molecule has 1 amide bonds. The molecule has 2 rings (SSSR count). The maximum Gasteiger partial charge on any atom is 0.258 e. The van der Waals surface area contributed by atoms with Crippen LogP contribution in [0.5, 0.6) is 5.75 Å². The van der Waals surface area contributed by atoms with Gasteiger partial charge in [0.25, 0.3) is 5.91 Å². The lowest BCUT2D eigenvalue weighted by molar-refractivity contribution is -0.122. The summed E-state index contributed by atoms with van der Waals surface area (Å²) in [6.45, 7) is 7.26. The fourth-order valence-corrected chi connectivity index (χ4v) is 2.53. The minimum atomic E-state index is -0.0635. The minimum absolute atomic E-state index is 0.0635. The number of hydrogen-bond acceptors (Lipinski definition) is 2. The largest absolute Gasteiger partial charge is 0.484 e. The number of ether oxygens (including phenoxy) is 1. The van der Waals surface area contributed by atoms with Crippen molar-refractivity contribution in [3.05, 3.63) is 41.5 Å². The zero-order valence-electron chi connectivity index (χ0n) is 13.9. The third kappa shape index (κ3) is 5.21. The molecule has 0 saturated carbocycles. The molecule has 0 saturated heterocycles. The molecule has 0 bridgehead atoms. The topological polar surface area (TPSA) is 38.3 Å². The molecular formula is C19H27NO2. The first-order valence-corrected chi connectivity index (χ1v) is 8.13. The Morgan fingerprint density at radius 3 is 2.50 bits per heavy atom. The molecule has 0 heterocycles. The van der Waals surface area contributed by atoms with Gasteiger partial charge < -0.3 is 10.1 Å². The number of carbonyl (C=O) groups is 1. The van der Waals surface area contributed by atoms with E-state index in [1.165, 1.54) is 24.0 Å². The number of carbonyl (C=O) groups excluding carboxylic acids is 1. The van der Waals surface area contributed by atoms with E-state index in [4.69, 9.17) is 4.74 Å². The molecule has 1 aliphatic rings. The monoisotopic (exact) mass is 301 g/mol. The molecule has 1 aliphatic carbocycles. The van der Waals surface area contributed by atoms with E-state index >= 15 is 0 Å². The van der Waals surface area contributed by atoms with Gasteiger partial charge in [0.15, 0.2) is 6.61 Å². The van der Waals surface area contributed by atoms with Crippen molar-refractivity contribution in [3.63, 3.8) is 0 Å². The first kappa shape index (κ1) is 16.6. The van der Waals surface area contributed by atoms with Crippen LogP contribution in [-0.2, 0) is 10.2 Å². The van der Waals surface area contributed by atoms with Crippen molar-refractivity contribution in [3.8, 4) is 5.75 Å². The smallest absolute Gasteiger partial charge is 0.258 e. The van der Waals surface area contributed by atoms with Crippen LogP contribution in [0.15, 0.2) is 35.9 Å². The average molecular weight is 301 g/mol. The normalized spacial score (nSPS) is 15.1. The van der Waals surface area contributed by atoms with Gasteiger partial charge >= 0.3 is 0 Å². The van der Waals surface area contributed by atoms with Crippen molar-refractivity contribution in [2.45, 2.75) is 51.9 Å². The van der Waals surface area contributed by atoms with Crippen LogP contribution in [0.25, 0.3) is 0 Å². The zero-order chi connectivity index (χ0) is 16.0. The van der Waals surface area contributed by atoms with E-state index < -0.39 is 0 Å². The Bertz CT molecular complexity index is 523. The Morgan fingerprint density at radius 2 is 1.91 bits per heavy atom. The van der Waals surface area contributed by atoms with Crippen LogP contribution in [-0.4, -0.2) is 19.1 Å². The summed E-state index contributed by atoms with van der Waals surface area (Å²) in [5.41, 5.74) is 2.73. The molecule has 120 valence electrons. The van der Waals surface area contributed by atoms with Crippen LogP contribution in [0.4, 0.5) is 0 Å². The van der Waals surface area contributed by atoms with Crippen LogP contribution in [0.3, 0.4) is 0 Å². The Kier molecular flexibility index (Phi) is 5.64. The molecule has 0 aromatic heterocycles. The van der Waals surface area contributed by atoms with E-state index in [0.717, 1.165) is 18.6 Å². The molecule has 3 nitrogen and oxygen atoms in total. The highest BCUT2D eigenvalue weighted by molar-refractivity contribution is 5.77. The summed E-state index contributed by atoms with van der Waals surface area (Å²) < 4.78 is 5.54. The van der Waals surface area contributed by atoms with E-state index in [0.29, 0.717) is 6.54 Å². The van der Waals surface area contributed by atoms with Crippen molar-refractivity contribution in [2.75, 3.05) is 13.2 Å². The number of hydrogen-bond donors (Lipinski definition) is 1. The second kappa shape index (κ2) is 7.48. The highest BCUT2D eigenvalue weighted by Gasteiger charge is 2.13. The van der Waals surface area contributed by atoms with Crippen molar-refractivity contribution in [2.24, 2.45) is 0 Å². The molecule has 0 atom stereocenters. The lowest BCUT2D eigenvalue weighted by Crippen LogP contribution is -2.30. The van der Waals surface area contributed by atoms with Gasteiger partial charge in [-0.3, -0.25) is 4.79 Å². The Balaban J connectivity index is 1.75. The molecule has 0 radical (unpaired) electrons. The molecule has 22 heavy (non-hydrogen) atoms. The Hall–Kier alpha value is -1.77. The highest BCUT2D eigenvalue weighted by atomic mass is 16.5. The summed E-state index contributed by atoms with van der Waals surface area (Å²) in [4.78, 5) is 11.8. The van der Waals surface area contributed by atoms with Gasteiger partial charge in [0.2, 0.25) is 0 Å². The molecule has 1 N–H and O–H groups in total. The molecule has 0 unspecified atom stereocenters. The van der Waals surface area contributed by atoms with E-state index in [1.807, 2.05) is 12.1 Å². The molecule has 0 aliphatic heterocycles. The quantitative estimate of drug-likeness (QED) is 0.835. The first-order chi connectivity index (χ1) is 10.4. The minimum Gasteiger partial charge on any atom is -0.484 e. The Morgan fingerprint density at radius 1 is 1.18 bits per heavy atom. The van der Waals surface area contributed by atoms with Crippen LogP contribution in [0.2, 0.25) is 0 Å². The zero-order valence-corrected chi connectivity index (χ0v) is 13.9. The standard InChI is InChI=1S/C19H27NO2/c1-19(2,3)16-9-11-17(12-10-16)22-14-18(21)20-13-15-7-5-4-6-8-15/h7,9-12H,4-6,8,13-14H2,1-3H3,(H,20,21). The third-order valence-electron chi connectivity index (χ3n) is 3.99. The molecular weight excluding hydrogens is 274 g/mol. The second-order valence-corrected chi connectivity index (χ2v) is 6.95. The summed E-state index contributed by atoms with van der Waals surface area (Å²) in [6, 6.07) is 7.97. The number of rotatable bonds is 5. The number of amides is 1. The molecule has 0 spiro atoms. The van der Waals surface area contributed by atoms with Crippen molar-refractivity contribution < 1.29 is 9.53 Å². The van der Waals surface area contributed by atoms with Crippen LogP contribution >= 0.6 is 0 Å². The summed E-state index contributed by atoms with van der Waals surface area (Å²) in [7, 11) is 0. The van der Waals surface area contributed by atoms with Gasteiger partial charge in [-0.15, -0.1) is 0 Å². The van der Waals surface area contributed by atoms with Gasteiger partial charge in [-0.25, -0.2) is 0 Å². The van der Waals surface area contributed by atoms with Gasteiger partial charge in [-0.05, 0) is 48.8 Å². The summed E-state index contributed by atoms with van der Waals surface area (Å²) in [6.07, 6.45) is 7.00. The molecule has 0 fully saturated rings. The SMILES string of the molecule is CC(C)(C)c1ccc(OCC(=O)NCC2=CCCCC2)cc1. The molecule has 3 heteroatoms. The van der Waals surface area contributed by atoms with Crippen LogP contribution in [0, 0.1) is 0 Å². The van der Waals surface area contributed by atoms with Gasteiger partial charge in [0, 0.05) is 6.54 Å². The Labute approximate surface area is 133 Å². The number of nitrogens with one attached hydrogen (secondary N) is 1. The lowest BCUT2D eigenvalue weighted by Gasteiger charge is -2.19. The third-order valence-corrected chi connectivity index (χ3v) is 3.99. The van der Waals surface area contributed by atoms with E-state index in [9.17, 15) is 4.79 Å². The fourth-order valence-electron chi connectivity index (χ4n) is 2.53. The van der Waals surface area contributed by atoms with Crippen LogP contribution < -0.4 is 10.1 Å². The molecule has 1 aromatic rings. The number of benzene rings is 1. The maximum atomic E-state index is 11.8. The van der Waals surface area contributed by atoms with Crippen molar-refractivity contribution in [1.82, 2.24) is 5.32 Å². The summed E-state index contributed by atoms with van der Waals surface area (Å²) in [5, 5.41) is 2.93. The van der Waals surface area contributed by atoms with Gasteiger partial charge in [-0.2, -0.15) is 0 Å². The average Bonchev–Trinajstić information content (AvgIpc) is 2.51. The summed E-state index contributed by atoms with van der Waals surface area (Å²) >= 11 is 0. The highest BCUT2D eigenvalue weighted by Crippen LogP contribution is 2.24. The van der Waals surface area contributed by atoms with Gasteiger partial charge in [0.1, 0.15) is 5.75 Å². The second-order valence-electron chi connectivity index (χ2n) is 6.95. The van der Waals surface area contributed by atoms with Gasteiger partial charge in [0.05, 0.1) is 0 Å². The fraction of sp³-hybridized carbons (Fsp3) is 0.526. The maximum absolute atomic E-state index is 11.8.